The fourth-order valence-electron chi connectivity index (χ4n) is 7.92. The van der Waals surface area contributed by atoms with Gasteiger partial charge in [0.2, 0.25) is 12.0 Å². The summed E-state index contributed by atoms with van der Waals surface area (Å²) in [6.07, 6.45) is -16.7. The number of alkyl carbamates (subject to hydrolysis) is 1. The van der Waals surface area contributed by atoms with Crippen molar-refractivity contribution in [2.75, 3.05) is 12.4 Å². The topological polar surface area (TPSA) is 106 Å². The molecule has 5 atom stereocenters. The van der Waals surface area contributed by atoms with Crippen LogP contribution in [0.4, 0.5) is 58.8 Å². The molecule has 3 aromatic rings. The largest absolute Gasteiger partial charge is 0.496 e. The highest BCUT2D eigenvalue weighted by molar-refractivity contribution is 6.00. The molecule has 0 radical (unpaired) electrons. The Labute approximate surface area is 329 Å². The van der Waals surface area contributed by atoms with Gasteiger partial charge in [0.15, 0.2) is 0 Å². The van der Waals surface area contributed by atoms with Gasteiger partial charge in [-0.15, -0.1) is 0 Å². The Morgan fingerprint density at radius 1 is 0.831 bits per heavy atom. The van der Waals surface area contributed by atoms with Gasteiger partial charge < -0.3 is 25.4 Å². The van der Waals surface area contributed by atoms with Crippen LogP contribution in [0.25, 0.3) is 11.1 Å². The first-order valence-corrected chi connectivity index (χ1v) is 18.4. The molecule has 2 bridgehead atoms. The molecule has 3 unspecified atom stereocenters. The first kappa shape index (κ1) is 43.2. The van der Waals surface area contributed by atoms with Crippen molar-refractivity contribution in [1.29, 1.82) is 0 Å². The zero-order valence-electron chi connectivity index (χ0n) is 30.9. The Balaban J connectivity index is 1.31. The fraction of sp³-hybridized carbons (Fsp3) is 0.425. The lowest BCUT2D eigenvalue weighted by Crippen LogP contribution is -2.48. The van der Waals surface area contributed by atoms with Crippen molar-refractivity contribution in [3.05, 3.63) is 94.6 Å². The molecule has 19 heteroatoms. The Hall–Kier alpha value is -5.36. The van der Waals surface area contributed by atoms with Crippen LogP contribution in [0.5, 0.6) is 5.75 Å². The van der Waals surface area contributed by atoms with Crippen LogP contribution in [0.3, 0.4) is 0 Å². The van der Waals surface area contributed by atoms with Crippen molar-refractivity contribution >= 4 is 23.6 Å². The molecule has 3 N–H and O–H groups in total. The standard InChI is InChI=1S/C40H36F11N3O5/c1-58-31-14-8-19(26-17-20(7-12-29(26)41)34(40(49,50)51)59-37(57)53-21-4-2-5-21)16-27(31)35(55)54-33-25-11-10-24(23(25)6-3-15-38(43,44)45)32(33)36(56)52-22-9-13-30(42)28(18-22)39(46,47)48/h6-9,12-14,16-18,21,24-25,32-34H,2-5,10-11,15H2,1H3,(H,52,56)(H,53,57)(H,54,55)/b23-6-/t24?,25?,32-,33?,34-/m0/s1. The van der Waals surface area contributed by atoms with Gasteiger partial charge in [0, 0.05) is 41.2 Å². The molecule has 3 aromatic carbocycles. The second-order valence-corrected chi connectivity index (χ2v) is 14.6. The number of alkyl halides is 9. The number of hydrogen-bond acceptors (Lipinski definition) is 5. The van der Waals surface area contributed by atoms with E-state index in [2.05, 4.69) is 16.0 Å². The number of benzene rings is 3. The quantitative estimate of drug-likeness (QED) is 0.132. The SMILES string of the molecule is COc1ccc(-c2cc([C@H](OC(=O)NC3CCC3)C(F)(F)F)ccc2F)cc1C(=O)NC1C2CCC(/C2=C/CCC(F)(F)F)[C@@H]1C(=O)Nc1ccc(F)c(C(F)(F)F)c1. The normalized spacial score (nSPS) is 21.8. The van der Waals surface area contributed by atoms with E-state index >= 15 is 4.39 Å². The summed E-state index contributed by atoms with van der Waals surface area (Å²) < 4.78 is 162. The number of rotatable bonds is 11. The van der Waals surface area contributed by atoms with Crippen molar-refractivity contribution in [3.63, 3.8) is 0 Å². The molecule has 0 spiro atoms. The summed E-state index contributed by atoms with van der Waals surface area (Å²) in [5.41, 5.74) is -3.15. The molecule has 3 aliphatic rings. The summed E-state index contributed by atoms with van der Waals surface area (Å²) in [6.45, 7) is 0. The average Bonchev–Trinajstić information content (AvgIpc) is 3.66. The molecular weight excluding hydrogens is 811 g/mol. The zero-order chi connectivity index (χ0) is 43.0. The fourth-order valence-corrected chi connectivity index (χ4v) is 7.92. The van der Waals surface area contributed by atoms with Crippen LogP contribution in [0.1, 0.15) is 72.5 Å². The second-order valence-electron chi connectivity index (χ2n) is 14.6. The number of hydrogen-bond donors (Lipinski definition) is 3. The van der Waals surface area contributed by atoms with Crippen molar-refractivity contribution in [2.24, 2.45) is 17.8 Å². The van der Waals surface area contributed by atoms with E-state index < -0.39 is 113 Å². The minimum Gasteiger partial charge on any atom is -0.496 e. The predicted molar refractivity (Wildman–Crippen MR) is 189 cm³/mol. The lowest BCUT2D eigenvalue weighted by Gasteiger charge is -2.30. The molecular formula is C40H36F11N3O5. The van der Waals surface area contributed by atoms with E-state index in [1.165, 1.54) is 25.3 Å². The summed E-state index contributed by atoms with van der Waals surface area (Å²) >= 11 is 0. The van der Waals surface area contributed by atoms with E-state index in [9.17, 15) is 58.3 Å². The summed E-state index contributed by atoms with van der Waals surface area (Å²) in [5.74, 6) is -7.26. The number of methoxy groups -OCH3 is 1. The van der Waals surface area contributed by atoms with Crippen molar-refractivity contribution in [3.8, 4) is 16.9 Å². The van der Waals surface area contributed by atoms with E-state index in [1.807, 2.05) is 0 Å². The first-order chi connectivity index (χ1) is 27.6. The van der Waals surface area contributed by atoms with Crippen LogP contribution in [0.15, 0.2) is 66.2 Å². The van der Waals surface area contributed by atoms with Crippen LogP contribution in [-0.2, 0) is 15.7 Å². The maximum absolute atomic E-state index is 15.4. The number of carbonyl (C=O) groups excluding carboxylic acids is 3. The molecule has 318 valence electrons. The van der Waals surface area contributed by atoms with E-state index in [1.54, 1.807) is 0 Å². The van der Waals surface area contributed by atoms with E-state index in [0.29, 0.717) is 37.0 Å². The van der Waals surface area contributed by atoms with E-state index in [0.717, 1.165) is 36.8 Å². The number of ether oxygens (including phenoxy) is 2. The molecule has 59 heavy (non-hydrogen) atoms. The highest BCUT2D eigenvalue weighted by Gasteiger charge is 2.55. The average molecular weight is 848 g/mol. The maximum Gasteiger partial charge on any atom is 0.429 e. The van der Waals surface area contributed by atoms with Gasteiger partial charge in [-0.1, -0.05) is 23.8 Å². The zero-order valence-corrected chi connectivity index (χ0v) is 30.9. The van der Waals surface area contributed by atoms with E-state index in [-0.39, 0.29) is 29.3 Å². The number of allylic oxidation sites excluding steroid dienone is 1. The van der Waals surface area contributed by atoms with Gasteiger partial charge >= 0.3 is 24.6 Å². The van der Waals surface area contributed by atoms with Crippen LogP contribution in [-0.4, -0.2) is 49.5 Å². The Bertz CT molecular complexity index is 2110. The van der Waals surface area contributed by atoms with E-state index in [4.69, 9.17) is 9.47 Å². The number of fused-ring (bicyclic) bond motifs is 2. The number of nitrogens with one attached hydrogen (secondary N) is 3. The molecule has 0 aliphatic heterocycles. The molecule has 0 aromatic heterocycles. The second kappa shape index (κ2) is 16.7. The highest BCUT2D eigenvalue weighted by Crippen LogP contribution is 2.53. The summed E-state index contributed by atoms with van der Waals surface area (Å²) in [5, 5.41) is 7.36. The van der Waals surface area contributed by atoms with Gasteiger partial charge in [-0.05, 0) is 92.5 Å². The molecule has 6 rings (SSSR count). The molecule has 3 amide bonds. The monoisotopic (exact) mass is 847 g/mol. The van der Waals surface area contributed by atoms with Crippen LogP contribution in [0, 0.1) is 29.4 Å². The number of anilines is 1. The van der Waals surface area contributed by atoms with Crippen molar-refractivity contribution in [1.82, 2.24) is 10.6 Å². The van der Waals surface area contributed by atoms with Gasteiger partial charge in [0.05, 0.1) is 24.2 Å². The van der Waals surface area contributed by atoms with Gasteiger partial charge in [-0.3, -0.25) is 9.59 Å². The van der Waals surface area contributed by atoms with Gasteiger partial charge in [-0.2, -0.15) is 39.5 Å². The van der Waals surface area contributed by atoms with Gasteiger partial charge in [-0.25, -0.2) is 13.6 Å². The van der Waals surface area contributed by atoms with Crippen molar-refractivity contribution < 1.29 is 72.2 Å². The Morgan fingerprint density at radius 3 is 2.15 bits per heavy atom. The molecule has 0 heterocycles. The third kappa shape index (κ3) is 9.75. The lowest BCUT2D eigenvalue weighted by molar-refractivity contribution is -0.206. The number of halogens is 11. The van der Waals surface area contributed by atoms with Gasteiger partial charge in [0.1, 0.15) is 17.4 Å². The van der Waals surface area contributed by atoms with Gasteiger partial charge in [0.25, 0.3) is 5.91 Å². The lowest BCUT2D eigenvalue weighted by atomic mass is 9.83. The Morgan fingerprint density at radius 2 is 1.53 bits per heavy atom. The predicted octanol–water partition coefficient (Wildman–Crippen LogP) is 10.2. The number of amides is 3. The summed E-state index contributed by atoms with van der Waals surface area (Å²) in [7, 11) is 1.18. The molecule has 3 aliphatic carbocycles. The highest BCUT2D eigenvalue weighted by atomic mass is 19.4. The van der Waals surface area contributed by atoms with Crippen molar-refractivity contribution in [2.45, 2.75) is 81.7 Å². The smallest absolute Gasteiger partial charge is 0.429 e. The molecule has 3 saturated carbocycles. The summed E-state index contributed by atoms with van der Waals surface area (Å²) in [6, 6.07) is 6.18. The molecule has 3 fully saturated rings. The van der Waals surface area contributed by atoms with Crippen LogP contribution in [0.2, 0.25) is 0 Å². The third-order valence-corrected chi connectivity index (χ3v) is 10.8. The maximum atomic E-state index is 15.4. The summed E-state index contributed by atoms with van der Waals surface area (Å²) in [4.78, 5) is 40.2. The first-order valence-electron chi connectivity index (χ1n) is 18.4. The minimum absolute atomic E-state index is 0.108. The third-order valence-electron chi connectivity index (χ3n) is 10.8. The van der Waals surface area contributed by atoms with Crippen LogP contribution < -0.4 is 20.7 Å². The van der Waals surface area contributed by atoms with Crippen LogP contribution >= 0.6 is 0 Å². The number of carbonyl (C=O) groups is 3. The molecule has 0 saturated heterocycles. The Kier molecular flexibility index (Phi) is 12.2. The molecule has 8 nitrogen and oxygen atoms in total. The minimum atomic E-state index is -5.11.